The lowest BCUT2D eigenvalue weighted by molar-refractivity contribution is -0.143. The fraction of sp³-hybridized carbons (Fsp3) is 0.818. The van der Waals surface area contributed by atoms with Gasteiger partial charge in [-0.15, -0.1) is 0 Å². The summed E-state index contributed by atoms with van der Waals surface area (Å²) in [5.41, 5.74) is 0. The molecular weight excluding hydrogens is 286 g/mol. The number of nitrogens with one attached hydrogen (secondary N) is 1. The van der Waals surface area contributed by atoms with Crippen LogP contribution >= 0.6 is 0 Å². The van der Waals surface area contributed by atoms with Crippen molar-refractivity contribution in [3.63, 3.8) is 0 Å². The summed E-state index contributed by atoms with van der Waals surface area (Å²) >= 11 is 0. The number of nitrogens with zero attached hydrogens (tertiary/aromatic N) is 2. The SMILES string of the molecule is O=C(NC1CCCC1)N1CC[C@@H]2[C@H]1C(=O)N2S(=O)(=O)O. The molecule has 2 atom stereocenters. The minimum atomic E-state index is -4.52. The largest absolute Gasteiger partial charge is 0.362 e. The van der Waals surface area contributed by atoms with Gasteiger partial charge in [-0.1, -0.05) is 12.8 Å². The molecule has 0 radical (unpaired) electrons. The van der Waals surface area contributed by atoms with Gasteiger partial charge in [0.25, 0.3) is 5.91 Å². The van der Waals surface area contributed by atoms with Gasteiger partial charge in [0, 0.05) is 12.6 Å². The van der Waals surface area contributed by atoms with Crippen molar-refractivity contribution >= 4 is 22.2 Å². The predicted molar refractivity (Wildman–Crippen MR) is 68.1 cm³/mol. The first-order valence-electron chi connectivity index (χ1n) is 6.77. The molecule has 3 aliphatic rings. The summed E-state index contributed by atoms with van der Waals surface area (Å²) in [5.74, 6) is -0.725. The molecule has 0 bridgehead atoms. The zero-order valence-electron chi connectivity index (χ0n) is 10.9. The van der Waals surface area contributed by atoms with Crippen molar-refractivity contribution in [1.82, 2.24) is 14.5 Å². The van der Waals surface area contributed by atoms with Gasteiger partial charge in [-0.2, -0.15) is 8.42 Å². The second-order valence-electron chi connectivity index (χ2n) is 5.54. The molecule has 9 heteroatoms. The third kappa shape index (κ3) is 2.05. The van der Waals surface area contributed by atoms with E-state index in [0.29, 0.717) is 17.3 Å². The maximum Gasteiger partial charge on any atom is 0.362 e. The van der Waals surface area contributed by atoms with E-state index in [-0.39, 0.29) is 12.1 Å². The Bertz CT molecular complexity index is 542. The summed E-state index contributed by atoms with van der Waals surface area (Å²) in [7, 11) is -4.52. The minimum absolute atomic E-state index is 0.148. The summed E-state index contributed by atoms with van der Waals surface area (Å²) in [6.45, 7) is 0.325. The molecule has 0 unspecified atom stereocenters. The molecular formula is C11H17N3O5S. The van der Waals surface area contributed by atoms with Gasteiger partial charge in [0.2, 0.25) is 0 Å². The van der Waals surface area contributed by atoms with E-state index in [0.717, 1.165) is 25.7 Å². The number of hydrogen-bond donors (Lipinski definition) is 2. The molecule has 3 fully saturated rings. The lowest BCUT2D eigenvalue weighted by Crippen LogP contribution is -2.69. The fourth-order valence-electron chi connectivity index (χ4n) is 3.37. The van der Waals surface area contributed by atoms with E-state index in [4.69, 9.17) is 4.55 Å². The van der Waals surface area contributed by atoms with Crippen molar-refractivity contribution in [2.24, 2.45) is 0 Å². The second-order valence-corrected chi connectivity index (χ2v) is 6.83. The highest BCUT2D eigenvalue weighted by Gasteiger charge is 2.60. The van der Waals surface area contributed by atoms with E-state index in [1.165, 1.54) is 4.90 Å². The van der Waals surface area contributed by atoms with Crippen LogP contribution in [-0.4, -0.2) is 58.8 Å². The Balaban J connectivity index is 1.66. The van der Waals surface area contributed by atoms with E-state index in [2.05, 4.69) is 5.32 Å². The molecule has 2 aliphatic heterocycles. The molecule has 8 nitrogen and oxygen atoms in total. The van der Waals surface area contributed by atoms with Gasteiger partial charge in [0.15, 0.2) is 0 Å². The van der Waals surface area contributed by atoms with Crippen LogP contribution in [0.4, 0.5) is 4.79 Å². The van der Waals surface area contributed by atoms with Gasteiger partial charge in [0.1, 0.15) is 6.04 Å². The number of hydrogen-bond acceptors (Lipinski definition) is 4. The molecule has 0 spiro atoms. The first-order chi connectivity index (χ1) is 9.39. The Morgan fingerprint density at radius 1 is 1.25 bits per heavy atom. The monoisotopic (exact) mass is 303 g/mol. The Hall–Kier alpha value is -1.35. The van der Waals surface area contributed by atoms with Gasteiger partial charge < -0.3 is 10.2 Å². The van der Waals surface area contributed by atoms with Crippen LogP contribution in [0.5, 0.6) is 0 Å². The Kier molecular flexibility index (Phi) is 3.13. The molecule has 3 amide bonds. The van der Waals surface area contributed by atoms with E-state index < -0.39 is 28.3 Å². The Morgan fingerprint density at radius 3 is 2.50 bits per heavy atom. The molecule has 0 aromatic carbocycles. The number of carbonyl (C=O) groups is 2. The lowest BCUT2D eigenvalue weighted by atomic mass is 10.0. The van der Waals surface area contributed by atoms with Gasteiger partial charge in [-0.05, 0) is 19.3 Å². The predicted octanol–water partition coefficient (Wildman–Crippen LogP) is -0.273. The van der Waals surface area contributed by atoms with Crippen LogP contribution < -0.4 is 5.32 Å². The summed E-state index contributed by atoms with van der Waals surface area (Å²) in [6.07, 6.45) is 4.44. The van der Waals surface area contributed by atoms with Crippen molar-refractivity contribution in [1.29, 1.82) is 0 Å². The standard InChI is InChI=1S/C11H17N3O5S/c15-10-9-8(14(10)20(17,18)19)5-6-13(9)11(16)12-7-3-1-2-4-7/h7-9H,1-6H2,(H,12,16)(H,17,18,19)/t8-,9+/m1/s1. The molecule has 1 saturated carbocycles. The highest BCUT2D eigenvalue weighted by atomic mass is 32.2. The van der Waals surface area contributed by atoms with Crippen LogP contribution in [0.3, 0.4) is 0 Å². The number of likely N-dealkylation sites (tertiary alicyclic amines) is 1. The first kappa shape index (κ1) is 13.6. The average molecular weight is 303 g/mol. The molecule has 0 aromatic rings. The summed E-state index contributed by atoms with van der Waals surface area (Å²) in [5, 5.41) is 2.88. The number of β-lactam (4-membered cyclic amide) rings is 1. The normalized spacial score (nSPS) is 30.4. The van der Waals surface area contributed by atoms with E-state index in [1.54, 1.807) is 0 Å². The van der Waals surface area contributed by atoms with Crippen molar-refractivity contribution in [3.8, 4) is 0 Å². The topological polar surface area (TPSA) is 107 Å². The lowest BCUT2D eigenvalue weighted by Gasteiger charge is -2.42. The third-order valence-electron chi connectivity index (χ3n) is 4.33. The number of fused-ring (bicyclic) bond motifs is 1. The molecule has 2 N–H and O–H groups in total. The van der Waals surface area contributed by atoms with Crippen molar-refractivity contribution in [3.05, 3.63) is 0 Å². The van der Waals surface area contributed by atoms with E-state index >= 15 is 0 Å². The number of amides is 3. The van der Waals surface area contributed by atoms with Crippen molar-refractivity contribution in [2.45, 2.75) is 50.2 Å². The molecule has 2 saturated heterocycles. The van der Waals surface area contributed by atoms with Crippen LogP contribution in [0.25, 0.3) is 0 Å². The Morgan fingerprint density at radius 2 is 1.90 bits per heavy atom. The zero-order chi connectivity index (χ0) is 14.5. The van der Waals surface area contributed by atoms with Gasteiger partial charge >= 0.3 is 16.3 Å². The van der Waals surface area contributed by atoms with E-state index in [1.807, 2.05) is 0 Å². The Labute approximate surface area is 117 Å². The summed E-state index contributed by atoms with van der Waals surface area (Å²) in [6, 6.07) is -1.53. The number of rotatable bonds is 2. The third-order valence-corrected chi connectivity index (χ3v) is 5.28. The second kappa shape index (κ2) is 4.59. The van der Waals surface area contributed by atoms with Crippen molar-refractivity contribution in [2.75, 3.05) is 6.54 Å². The quantitative estimate of drug-likeness (QED) is 0.539. The average Bonchev–Trinajstić information content (AvgIpc) is 2.93. The van der Waals surface area contributed by atoms with Crippen LogP contribution in [0.1, 0.15) is 32.1 Å². The molecule has 0 aromatic heterocycles. The van der Waals surface area contributed by atoms with Gasteiger partial charge in [0.05, 0.1) is 6.04 Å². The smallest absolute Gasteiger partial charge is 0.335 e. The highest BCUT2D eigenvalue weighted by molar-refractivity contribution is 7.84. The number of urea groups is 1. The zero-order valence-corrected chi connectivity index (χ0v) is 11.7. The van der Waals surface area contributed by atoms with Crippen LogP contribution in [0.15, 0.2) is 0 Å². The van der Waals surface area contributed by atoms with E-state index in [9.17, 15) is 18.0 Å². The fourth-order valence-corrected chi connectivity index (χ4v) is 4.27. The molecule has 20 heavy (non-hydrogen) atoms. The number of carbonyl (C=O) groups excluding carboxylic acids is 2. The highest BCUT2D eigenvalue weighted by Crippen LogP contribution is 2.35. The first-order valence-corrected chi connectivity index (χ1v) is 8.17. The maximum atomic E-state index is 12.1. The summed E-state index contributed by atoms with van der Waals surface area (Å²) < 4.78 is 31.6. The molecule has 2 heterocycles. The molecule has 3 rings (SSSR count). The maximum absolute atomic E-state index is 12.1. The van der Waals surface area contributed by atoms with Crippen LogP contribution in [0.2, 0.25) is 0 Å². The minimum Gasteiger partial charge on any atom is -0.335 e. The summed E-state index contributed by atoms with van der Waals surface area (Å²) in [4.78, 5) is 25.3. The van der Waals surface area contributed by atoms with Gasteiger partial charge in [-0.3, -0.25) is 9.35 Å². The molecule has 112 valence electrons. The van der Waals surface area contributed by atoms with Crippen molar-refractivity contribution < 1.29 is 22.6 Å². The van der Waals surface area contributed by atoms with Crippen LogP contribution in [-0.2, 0) is 15.1 Å². The van der Waals surface area contributed by atoms with Gasteiger partial charge in [-0.25, -0.2) is 9.10 Å². The van der Waals surface area contributed by atoms with Crippen LogP contribution in [0, 0.1) is 0 Å². The molecule has 1 aliphatic carbocycles.